The van der Waals surface area contributed by atoms with Crippen LogP contribution in [0.25, 0.3) is 0 Å². The Bertz CT molecular complexity index is 517. The summed E-state index contributed by atoms with van der Waals surface area (Å²) in [6.45, 7) is 0. The zero-order valence-electron chi connectivity index (χ0n) is 13.3. The molecule has 2 fully saturated rings. The molecule has 1 aromatic carbocycles. The van der Waals surface area contributed by atoms with Crippen LogP contribution in [0.2, 0.25) is 0 Å². The number of ether oxygens (including phenoxy) is 1. The second-order valence-electron chi connectivity index (χ2n) is 6.27. The molecule has 0 bridgehead atoms. The topological polar surface area (TPSA) is 41.5 Å². The number of halogens is 1. The molecule has 1 aliphatic heterocycles. The molecule has 0 amide bonds. The van der Waals surface area contributed by atoms with Gasteiger partial charge in [-0.25, -0.2) is 4.39 Å². The first-order valence-corrected chi connectivity index (χ1v) is 10.4. The van der Waals surface area contributed by atoms with Gasteiger partial charge in [-0.15, -0.1) is 0 Å². The van der Waals surface area contributed by atoms with Crippen LogP contribution < -0.4 is 10.1 Å². The van der Waals surface area contributed by atoms with E-state index in [0.29, 0.717) is 12.0 Å². The van der Waals surface area contributed by atoms with Crippen LogP contribution >= 0.6 is 23.5 Å². The van der Waals surface area contributed by atoms with Gasteiger partial charge in [0.1, 0.15) is 0 Å². The number of aliphatic hydroxyl groups excluding tert-OH is 1. The molecule has 1 aromatic rings. The maximum Gasteiger partial charge on any atom is 0.165 e. The van der Waals surface area contributed by atoms with Crippen molar-refractivity contribution in [2.24, 2.45) is 5.92 Å². The van der Waals surface area contributed by atoms with Gasteiger partial charge in [0, 0.05) is 35.1 Å². The molecule has 3 rings (SSSR count). The van der Waals surface area contributed by atoms with Crippen LogP contribution in [-0.4, -0.2) is 47.4 Å². The molecule has 2 N–H and O–H groups in total. The fraction of sp³-hybridized carbons (Fsp3) is 0.647. The van der Waals surface area contributed by atoms with Crippen LogP contribution in [-0.2, 0) is 0 Å². The Morgan fingerprint density at radius 3 is 2.52 bits per heavy atom. The molecule has 23 heavy (non-hydrogen) atoms. The van der Waals surface area contributed by atoms with Crippen molar-refractivity contribution in [1.82, 2.24) is 5.32 Å². The lowest BCUT2D eigenvalue weighted by molar-refractivity contribution is 0.0227. The number of aliphatic hydroxyl groups is 1. The van der Waals surface area contributed by atoms with Crippen LogP contribution in [0.15, 0.2) is 18.2 Å². The quantitative estimate of drug-likeness (QED) is 0.848. The molecular weight excluding hydrogens is 333 g/mol. The normalized spacial score (nSPS) is 27.1. The maximum absolute atomic E-state index is 14.1. The average Bonchev–Trinajstić information content (AvgIpc) is 2.78. The molecule has 1 atom stereocenters. The van der Waals surface area contributed by atoms with E-state index in [1.54, 1.807) is 12.1 Å². The van der Waals surface area contributed by atoms with E-state index < -0.39 is 0 Å². The number of methoxy groups -OCH3 is 1. The zero-order valence-corrected chi connectivity index (χ0v) is 15.0. The Morgan fingerprint density at radius 1 is 1.26 bits per heavy atom. The lowest BCUT2D eigenvalue weighted by Gasteiger charge is -2.40. The first-order chi connectivity index (χ1) is 11.2. The number of benzene rings is 1. The summed E-state index contributed by atoms with van der Waals surface area (Å²) >= 11 is 3.96. The van der Waals surface area contributed by atoms with E-state index in [1.807, 2.05) is 29.6 Å². The highest BCUT2D eigenvalue weighted by Gasteiger charge is 2.36. The molecule has 0 radical (unpaired) electrons. The molecule has 1 heterocycles. The Labute approximate surface area is 145 Å². The molecule has 2 aliphatic rings. The first-order valence-electron chi connectivity index (χ1n) is 8.10. The molecule has 6 heteroatoms. The molecule has 1 saturated heterocycles. The van der Waals surface area contributed by atoms with Crippen molar-refractivity contribution >= 4 is 23.5 Å². The second kappa shape index (κ2) is 8.10. The molecule has 0 aromatic heterocycles. The summed E-state index contributed by atoms with van der Waals surface area (Å²) in [6, 6.07) is 5.76. The average molecular weight is 358 g/mol. The van der Waals surface area contributed by atoms with Crippen LogP contribution in [0.5, 0.6) is 5.75 Å². The summed E-state index contributed by atoms with van der Waals surface area (Å²) in [5, 5.41) is 13.4. The molecule has 1 saturated carbocycles. The van der Waals surface area contributed by atoms with E-state index in [-0.39, 0.29) is 23.7 Å². The predicted molar refractivity (Wildman–Crippen MR) is 96.0 cm³/mol. The molecule has 128 valence electrons. The zero-order chi connectivity index (χ0) is 16.2. The number of thioether (sulfide) groups is 2. The van der Waals surface area contributed by atoms with E-state index in [2.05, 4.69) is 5.32 Å². The Balaban J connectivity index is 1.76. The van der Waals surface area contributed by atoms with Crippen LogP contribution in [0, 0.1) is 11.7 Å². The van der Waals surface area contributed by atoms with Crippen LogP contribution in [0.4, 0.5) is 4.39 Å². The fourth-order valence-electron chi connectivity index (χ4n) is 3.25. The number of hydrogen-bond donors (Lipinski definition) is 2. The van der Waals surface area contributed by atoms with Gasteiger partial charge in [-0.1, -0.05) is 6.07 Å². The van der Waals surface area contributed by atoms with E-state index >= 15 is 0 Å². The van der Waals surface area contributed by atoms with Crippen molar-refractivity contribution in [3.63, 3.8) is 0 Å². The van der Waals surface area contributed by atoms with Gasteiger partial charge in [0.2, 0.25) is 0 Å². The van der Waals surface area contributed by atoms with Gasteiger partial charge >= 0.3 is 0 Å². The number of hydrogen-bond acceptors (Lipinski definition) is 5. The van der Waals surface area contributed by atoms with Crippen molar-refractivity contribution < 1.29 is 14.2 Å². The summed E-state index contributed by atoms with van der Waals surface area (Å²) in [5.74, 6) is 4.92. The van der Waals surface area contributed by atoms with Gasteiger partial charge in [0.05, 0.1) is 13.2 Å². The third-order valence-electron chi connectivity index (χ3n) is 4.58. The highest BCUT2D eigenvalue weighted by atomic mass is 32.2. The summed E-state index contributed by atoms with van der Waals surface area (Å²) in [7, 11) is 1.48. The molecule has 0 spiro atoms. The van der Waals surface area contributed by atoms with E-state index in [9.17, 15) is 9.50 Å². The Morgan fingerprint density at radius 2 is 1.96 bits per heavy atom. The summed E-state index contributed by atoms with van der Waals surface area (Å²) in [4.78, 5) is 0. The lowest BCUT2D eigenvalue weighted by Crippen LogP contribution is -2.44. The smallest absolute Gasteiger partial charge is 0.165 e. The van der Waals surface area contributed by atoms with Crippen molar-refractivity contribution in [2.75, 3.05) is 30.1 Å². The van der Waals surface area contributed by atoms with Crippen LogP contribution in [0.3, 0.4) is 0 Å². The highest BCUT2D eigenvalue weighted by Crippen LogP contribution is 2.39. The Hall–Kier alpha value is -0.430. The summed E-state index contributed by atoms with van der Waals surface area (Å²) in [6.07, 6.45) is 1.38. The summed E-state index contributed by atoms with van der Waals surface area (Å²) in [5.41, 5.74) is 0.958. The minimum absolute atomic E-state index is 0.100. The third kappa shape index (κ3) is 4.35. The lowest BCUT2D eigenvalue weighted by atomic mass is 9.75. The fourth-order valence-corrected chi connectivity index (χ4v) is 5.67. The van der Waals surface area contributed by atoms with Crippen molar-refractivity contribution in [3.05, 3.63) is 29.6 Å². The predicted octanol–water partition coefficient (Wildman–Crippen LogP) is 3.08. The molecule has 3 nitrogen and oxygen atoms in total. The van der Waals surface area contributed by atoms with Gasteiger partial charge in [-0.2, -0.15) is 23.5 Å². The van der Waals surface area contributed by atoms with E-state index in [0.717, 1.165) is 29.9 Å². The van der Waals surface area contributed by atoms with Gasteiger partial charge in [-0.05, 0) is 36.5 Å². The van der Waals surface area contributed by atoms with E-state index in [4.69, 9.17) is 4.74 Å². The Kier molecular flexibility index (Phi) is 6.13. The van der Waals surface area contributed by atoms with Crippen LogP contribution in [0.1, 0.15) is 24.4 Å². The second-order valence-corrected chi connectivity index (χ2v) is 8.57. The molecule has 1 unspecified atom stereocenters. The molecular formula is C17H24FNO2S2. The molecule has 1 aliphatic carbocycles. The minimum atomic E-state index is -0.318. The summed E-state index contributed by atoms with van der Waals surface area (Å²) < 4.78 is 19.1. The van der Waals surface area contributed by atoms with Gasteiger partial charge < -0.3 is 15.2 Å². The standard InChI is InChI=1S/C17H24FNO2S2/c1-21-16-3-2-11(8-15(16)18)17(12-6-14(20)7-12)19-13-9-22-4-5-23-10-13/h2-3,8,12-14,17,19-20H,4-7,9-10H2,1H3. The largest absolute Gasteiger partial charge is 0.494 e. The van der Waals surface area contributed by atoms with Gasteiger partial charge in [0.25, 0.3) is 0 Å². The van der Waals surface area contributed by atoms with Crippen molar-refractivity contribution in [2.45, 2.75) is 31.0 Å². The van der Waals surface area contributed by atoms with Crippen molar-refractivity contribution in [3.8, 4) is 5.75 Å². The first kappa shape index (κ1) is 17.4. The monoisotopic (exact) mass is 357 g/mol. The number of rotatable bonds is 5. The third-order valence-corrected chi connectivity index (χ3v) is 7.10. The number of nitrogens with one attached hydrogen (secondary N) is 1. The highest BCUT2D eigenvalue weighted by molar-refractivity contribution is 8.03. The van der Waals surface area contributed by atoms with Gasteiger partial charge in [0.15, 0.2) is 11.6 Å². The SMILES string of the molecule is COc1ccc(C(NC2CSCCSC2)C2CC(O)C2)cc1F. The van der Waals surface area contributed by atoms with E-state index in [1.165, 1.54) is 18.6 Å². The maximum atomic E-state index is 14.1. The minimum Gasteiger partial charge on any atom is -0.494 e. The van der Waals surface area contributed by atoms with Crippen molar-refractivity contribution in [1.29, 1.82) is 0 Å². The van der Waals surface area contributed by atoms with Gasteiger partial charge in [-0.3, -0.25) is 0 Å².